The number of likely N-dealkylation sites (tertiary alicyclic amines) is 1. The predicted octanol–water partition coefficient (Wildman–Crippen LogP) is 1.28. The first-order valence-electron chi connectivity index (χ1n) is 10.3. The highest BCUT2D eigenvalue weighted by atomic mass is 16.3. The third kappa shape index (κ3) is 4.71. The maximum Gasteiger partial charge on any atom is 0.243 e. The second-order valence-electron chi connectivity index (χ2n) is 8.23. The first-order valence-corrected chi connectivity index (χ1v) is 10.3. The molecule has 2 heterocycles. The second-order valence-corrected chi connectivity index (χ2v) is 8.23. The van der Waals surface area contributed by atoms with Crippen LogP contribution in [-0.2, 0) is 9.59 Å². The number of hydrogen-bond acceptors (Lipinski definition) is 5. The summed E-state index contributed by atoms with van der Waals surface area (Å²) in [6.07, 6.45) is 4.67. The molecule has 2 amide bonds. The Labute approximate surface area is 176 Å². The van der Waals surface area contributed by atoms with Crippen LogP contribution in [0.1, 0.15) is 38.8 Å². The molecule has 1 fully saturated rings. The molecule has 8 nitrogen and oxygen atoms in total. The Morgan fingerprint density at radius 1 is 1.23 bits per heavy atom. The van der Waals surface area contributed by atoms with Crippen molar-refractivity contribution in [3.8, 4) is 5.69 Å². The van der Waals surface area contributed by atoms with E-state index in [1.807, 2.05) is 55.8 Å². The predicted molar refractivity (Wildman–Crippen MR) is 112 cm³/mol. The third-order valence-electron chi connectivity index (χ3n) is 5.85. The lowest BCUT2D eigenvalue weighted by atomic mass is 9.96. The Bertz CT molecular complexity index is 851. The van der Waals surface area contributed by atoms with E-state index in [1.165, 1.54) is 4.90 Å². The van der Waals surface area contributed by atoms with Crippen LogP contribution in [0.15, 0.2) is 43.0 Å². The molecule has 4 unspecified atom stereocenters. The highest BCUT2D eigenvalue weighted by Crippen LogP contribution is 2.24. The molecule has 1 aromatic heterocycles. The Hall–Kier alpha value is -2.71. The number of benzene rings is 1. The van der Waals surface area contributed by atoms with Crippen molar-refractivity contribution in [1.29, 1.82) is 0 Å². The van der Waals surface area contributed by atoms with E-state index >= 15 is 0 Å². The number of imidazole rings is 1. The van der Waals surface area contributed by atoms with E-state index in [0.717, 1.165) is 11.3 Å². The van der Waals surface area contributed by atoms with Gasteiger partial charge >= 0.3 is 0 Å². The summed E-state index contributed by atoms with van der Waals surface area (Å²) < 4.78 is 1.86. The van der Waals surface area contributed by atoms with Crippen LogP contribution in [0.2, 0.25) is 0 Å². The number of rotatable bonds is 7. The lowest BCUT2D eigenvalue weighted by Gasteiger charge is -2.29. The summed E-state index contributed by atoms with van der Waals surface area (Å²) in [4.78, 5) is 31.2. The Morgan fingerprint density at radius 3 is 2.50 bits per heavy atom. The summed E-state index contributed by atoms with van der Waals surface area (Å²) in [6.45, 7) is 5.63. The van der Waals surface area contributed by atoms with E-state index in [4.69, 9.17) is 0 Å². The number of β-amino-alcohol motifs (C(OH)–C–C–N with tert-alkyl or cyclic N) is 1. The molecule has 0 bridgehead atoms. The van der Waals surface area contributed by atoms with Crippen LogP contribution in [-0.4, -0.2) is 61.8 Å². The average molecular weight is 415 g/mol. The average Bonchev–Trinajstić information content (AvgIpc) is 3.40. The van der Waals surface area contributed by atoms with Gasteiger partial charge in [0.2, 0.25) is 11.8 Å². The van der Waals surface area contributed by atoms with Gasteiger partial charge in [-0.2, -0.15) is 0 Å². The molecule has 1 aliphatic rings. The number of aromatic nitrogens is 2. The van der Waals surface area contributed by atoms with Crippen LogP contribution >= 0.6 is 0 Å². The lowest BCUT2D eigenvalue weighted by Crippen LogP contribution is -2.49. The summed E-state index contributed by atoms with van der Waals surface area (Å²) in [5, 5.41) is 22.8. The van der Waals surface area contributed by atoms with E-state index in [2.05, 4.69) is 10.3 Å². The van der Waals surface area contributed by atoms with Crippen molar-refractivity contribution in [3.63, 3.8) is 0 Å². The molecule has 1 aromatic carbocycles. The van der Waals surface area contributed by atoms with Crippen molar-refractivity contribution in [3.05, 3.63) is 48.5 Å². The van der Waals surface area contributed by atoms with Crippen molar-refractivity contribution < 1.29 is 19.8 Å². The number of carbonyl (C=O) groups is 2. The Kier molecular flexibility index (Phi) is 6.89. The number of nitrogens with one attached hydrogen (secondary N) is 1. The van der Waals surface area contributed by atoms with Crippen molar-refractivity contribution in [1.82, 2.24) is 19.8 Å². The monoisotopic (exact) mass is 414 g/mol. The van der Waals surface area contributed by atoms with E-state index < -0.39 is 18.2 Å². The first-order chi connectivity index (χ1) is 14.3. The second kappa shape index (κ2) is 9.40. The normalized spacial score (nSPS) is 20.9. The zero-order valence-corrected chi connectivity index (χ0v) is 17.6. The van der Waals surface area contributed by atoms with Gasteiger partial charge in [0.15, 0.2) is 0 Å². The fourth-order valence-electron chi connectivity index (χ4n) is 3.65. The van der Waals surface area contributed by atoms with Gasteiger partial charge in [-0.3, -0.25) is 9.59 Å². The molecule has 3 N–H and O–H groups in total. The molecule has 0 saturated carbocycles. The SMILES string of the molecule is CC(C)C(C)C(=O)N1CC(O)CC1C(=O)NC(CO)c1ccc(-n2ccnc2)cc1. The number of aliphatic hydroxyl groups excluding tert-OH is 2. The number of hydrogen-bond donors (Lipinski definition) is 3. The summed E-state index contributed by atoms with van der Waals surface area (Å²) in [7, 11) is 0. The summed E-state index contributed by atoms with van der Waals surface area (Å²) in [6, 6.07) is 6.09. The fraction of sp³-hybridized carbons (Fsp3) is 0.500. The van der Waals surface area contributed by atoms with Crippen LogP contribution in [0.5, 0.6) is 0 Å². The van der Waals surface area contributed by atoms with E-state index in [9.17, 15) is 19.8 Å². The van der Waals surface area contributed by atoms with Crippen molar-refractivity contribution >= 4 is 11.8 Å². The third-order valence-corrected chi connectivity index (χ3v) is 5.85. The zero-order chi connectivity index (χ0) is 21.8. The van der Waals surface area contributed by atoms with Gasteiger partial charge in [0.1, 0.15) is 6.04 Å². The molecule has 0 radical (unpaired) electrons. The molecule has 1 aliphatic heterocycles. The van der Waals surface area contributed by atoms with Crippen LogP contribution in [0.3, 0.4) is 0 Å². The summed E-state index contributed by atoms with van der Waals surface area (Å²) in [5.41, 5.74) is 1.67. The maximum atomic E-state index is 13.0. The van der Waals surface area contributed by atoms with Gasteiger partial charge in [0.05, 0.1) is 25.1 Å². The summed E-state index contributed by atoms with van der Waals surface area (Å²) in [5.74, 6) is -0.603. The highest BCUT2D eigenvalue weighted by Gasteiger charge is 2.41. The number of amides is 2. The van der Waals surface area contributed by atoms with Crippen molar-refractivity contribution in [2.45, 2.75) is 45.4 Å². The largest absolute Gasteiger partial charge is 0.394 e. The smallest absolute Gasteiger partial charge is 0.243 e. The molecule has 4 atom stereocenters. The molecule has 8 heteroatoms. The van der Waals surface area contributed by atoms with Gasteiger partial charge in [-0.25, -0.2) is 4.98 Å². The highest BCUT2D eigenvalue weighted by molar-refractivity contribution is 5.89. The van der Waals surface area contributed by atoms with Gasteiger partial charge in [-0.05, 0) is 23.6 Å². The van der Waals surface area contributed by atoms with Crippen molar-refractivity contribution in [2.24, 2.45) is 11.8 Å². The van der Waals surface area contributed by atoms with E-state index in [0.29, 0.717) is 0 Å². The van der Waals surface area contributed by atoms with Gasteiger partial charge in [0, 0.05) is 37.0 Å². The fourth-order valence-corrected chi connectivity index (χ4v) is 3.65. The molecule has 2 aromatic rings. The number of carbonyl (C=O) groups excluding carboxylic acids is 2. The maximum absolute atomic E-state index is 13.0. The standard InChI is InChI=1S/C22H30N4O4/c1-14(2)15(3)22(30)26-11-18(28)10-20(26)21(29)24-19(12-27)16-4-6-17(7-5-16)25-9-8-23-13-25/h4-9,13-15,18-20,27-28H,10-12H2,1-3H3,(H,24,29). The zero-order valence-electron chi connectivity index (χ0n) is 17.6. The minimum atomic E-state index is -0.743. The number of nitrogens with zero attached hydrogens (tertiary/aromatic N) is 3. The molecule has 30 heavy (non-hydrogen) atoms. The van der Waals surface area contributed by atoms with Gasteiger partial charge in [-0.15, -0.1) is 0 Å². The van der Waals surface area contributed by atoms with Crippen molar-refractivity contribution in [2.75, 3.05) is 13.2 Å². The Morgan fingerprint density at radius 2 is 1.93 bits per heavy atom. The molecule has 162 valence electrons. The van der Waals surface area contributed by atoms with Crippen LogP contribution in [0.25, 0.3) is 5.69 Å². The van der Waals surface area contributed by atoms with Crippen LogP contribution < -0.4 is 5.32 Å². The van der Waals surface area contributed by atoms with Gasteiger partial charge < -0.3 is 25.0 Å². The van der Waals surface area contributed by atoms with Gasteiger partial charge in [0.25, 0.3) is 0 Å². The molecule has 3 rings (SSSR count). The molecule has 1 saturated heterocycles. The molecular formula is C22H30N4O4. The minimum absolute atomic E-state index is 0.132. The quantitative estimate of drug-likeness (QED) is 0.633. The molecular weight excluding hydrogens is 384 g/mol. The van der Waals surface area contributed by atoms with Crippen LogP contribution in [0.4, 0.5) is 0 Å². The molecule has 0 aliphatic carbocycles. The Balaban J connectivity index is 1.71. The minimum Gasteiger partial charge on any atom is -0.394 e. The molecule has 0 spiro atoms. The summed E-state index contributed by atoms with van der Waals surface area (Å²) >= 11 is 0. The topological polar surface area (TPSA) is 108 Å². The van der Waals surface area contributed by atoms with Crippen LogP contribution in [0, 0.1) is 11.8 Å². The van der Waals surface area contributed by atoms with E-state index in [1.54, 1.807) is 12.5 Å². The van der Waals surface area contributed by atoms with Gasteiger partial charge in [-0.1, -0.05) is 32.9 Å². The lowest BCUT2D eigenvalue weighted by molar-refractivity contribution is -0.142. The number of aliphatic hydroxyl groups is 2. The first kappa shape index (κ1) is 22.0. The van der Waals surface area contributed by atoms with E-state index in [-0.39, 0.29) is 43.2 Å².